The van der Waals surface area contributed by atoms with Crippen LogP contribution < -0.4 is 0 Å². The lowest BCUT2D eigenvalue weighted by atomic mass is 9.74. The third kappa shape index (κ3) is 5.22. The smallest absolute Gasteiger partial charge is 0.123 e. The van der Waals surface area contributed by atoms with E-state index >= 15 is 0 Å². The Labute approximate surface area is 125 Å². The van der Waals surface area contributed by atoms with Crippen molar-refractivity contribution in [3.05, 3.63) is 0 Å². The Morgan fingerprint density at radius 3 is 2.10 bits per heavy atom. The van der Waals surface area contributed by atoms with Gasteiger partial charge in [-0.05, 0) is 37.0 Å². The summed E-state index contributed by atoms with van der Waals surface area (Å²) in [5, 5.41) is 0. The molecule has 0 aliphatic heterocycles. The van der Waals surface area contributed by atoms with Gasteiger partial charge in [0.2, 0.25) is 0 Å². The van der Waals surface area contributed by atoms with Gasteiger partial charge >= 0.3 is 0 Å². The predicted molar refractivity (Wildman–Crippen MR) is 85.7 cm³/mol. The molecule has 0 aromatic heterocycles. The Balaban J connectivity index is 1.66. The van der Waals surface area contributed by atoms with Gasteiger partial charge in [0.15, 0.2) is 0 Å². The van der Waals surface area contributed by atoms with Crippen molar-refractivity contribution in [2.45, 2.75) is 90.4 Å². The van der Waals surface area contributed by atoms with Crippen LogP contribution in [0.2, 0.25) is 0 Å². The minimum atomic E-state index is 0.386. The summed E-state index contributed by atoms with van der Waals surface area (Å²) in [5.41, 5.74) is 0. The zero-order valence-corrected chi connectivity index (χ0v) is 13.5. The lowest BCUT2D eigenvalue weighted by Gasteiger charge is -2.31. The third-order valence-corrected chi connectivity index (χ3v) is 5.86. The second-order valence-corrected chi connectivity index (χ2v) is 7.55. The standard InChI is InChI=1S/C19H34O/c1-2-3-6-16-7-4-8-17(13-16)11-12-18-9-5-10-19(14-18)15-20/h15-19H,2-14H2,1H3. The SMILES string of the molecule is CCCCC1CCCC(CCC2CCCC(C=O)C2)C1. The second kappa shape index (κ2) is 8.85. The molecule has 0 aromatic rings. The van der Waals surface area contributed by atoms with Crippen LogP contribution in [0.5, 0.6) is 0 Å². The summed E-state index contributed by atoms with van der Waals surface area (Å²) >= 11 is 0. The van der Waals surface area contributed by atoms with E-state index in [1.807, 2.05) is 0 Å². The monoisotopic (exact) mass is 278 g/mol. The highest BCUT2D eigenvalue weighted by Gasteiger charge is 2.25. The van der Waals surface area contributed by atoms with Crippen molar-refractivity contribution in [1.82, 2.24) is 0 Å². The van der Waals surface area contributed by atoms with E-state index in [-0.39, 0.29) is 0 Å². The molecule has 116 valence electrons. The molecule has 2 rings (SSSR count). The summed E-state index contributed by atoms with van der Waals surface area (Å²) in [6, 6.07) is 0. The average Bonchev–Trinajstić information content (AvgIpc) is 2.51. The van der Waals surface area contributed by atoms with E-state index in [2.05, 4.69) is 6.92 Å². The number of carbonyl (C=O) groups is 1. The summed E-state index contributed by atoms with van der Waals surface area (Å²) < 4.78 is 0. The highest BCUT2D eigenvalue weighted by Crippen LogP contribution is 2.37. The molecule has 0 heterocycles. The van der Waals surface area contributed by atoms with E-state index in [1.54, 1.807) is 0 Å². The molecule has 2 aliphatic carbocycles. The molecule has 2 saturated carbocycles. The fourth-order valence-electron chi connectivity index (χ4n) is 4.61. The topological polar surface area (TPSA) is 17.1 Å². The highest BCUT2D eigenvalue weighted by molar-refractivity contribution is 5.53. The Morgan fingerprint density at radius 1 is 0.850 bits per heavy atom. The van der Waals surface area contributed by atoms with Crippen LogP contribution in [0.1, 0.15) is 90.4 Å². The van der Waals surface area contributed by atoms with Gasteiger partial charge in [-0.15, -0.1) is 0 Å². The Bertz CT molecular complexity index is 273. The zero-order valence-electron chi connectivity index (χ0n) is 13.5. The van der Waals surface area contributed by atoms with Gasteiger partial charge in [0.05, 0.1) is 0 Å². The molecule has 4 atom stereocenters. The molecule has 0 amide bonds. The summed E-state index contributed by atoms with van der Waals surface area (Å²) in [5.74, 6) is 3.28. The zero-order chi connectivity index (χ0) is 14.2. The van der Waals surface area contributed by atoms with Gasteiger partial charge in [0, 0.05) is 5.92 Å². The molecule has 1 nitrogen and oxygen atoms in total. The molecule has 0 saturated heterocycles. The van der Waals surface area contributed by atoms with E-state index in [0.29, 0.717) is 5.92 Å². The summed E-state index contributed by atoms with van der Waals surface area (Å²) in [7, 11) is 0. The summed E-state index contributed by atoms with van der Waals surface area (Å²) in [6.07, 6.45) is 19.3. The molecule has 1 heteroatoms. The van der Waals surface area contributed by atoms with E-state index < -0.39 is 0 Å². The van der Waals surface area contributed by atoms with Crippen LogP contribution in [-0.4, -0.2) is 6.29 Å². The van der Waals surface area contributed by atoms with Crippen LogP contribution in [0.15, 0.2) is 0 Å². The first kappa shape index (κ1) is 16.0. The molecule has 0 N–H and O–H groups in total. The molecular formula is C19H34O. The van der Waals surface area contributed by atoms with Gasteiger partial charge in [0.25, 0.3) is 0 Å². The van der Waals surface area contributed by atoms with Crippen LogP contribution in [0.4, 0.5) is 0 Å². The predicted octanol–water partition coefficient (Wildman–Crippen LogP) is 5.77. The maximum absolute atomic E-state index is 11.0. The van der Waals surface area contributed by atoms with Gasteiger partial charge in [-0.1, -0.05) is 71.1 Å². The van der Waals surface area contributed by atoms with Gasteiger partial charge in [-0.3, -0.25) is 0 Å². The van der Waals surface area contributed by atoms with Gasteiger partial charge in [0.1, 0.15) is 6.29 Å². The van der Waals surface area contributed by atoms with E-state index in [0.717, 1.165) is 24.2 Å². The van der Waals surface area contributed by atoms with Crippen molar-refractivity contribution in [3.8, 4) is 0 Å². The second-order valence-electron chi connectivity index (χ2n) is 7.55. The molecule has 0 bridgehead atoms. The first-order chi connectivity index (χ1) is 9.81. The normalized spacial score (nSPS) is 34.9. The molecule has 0 radical (unpaired) electrons. The molecule has 4 unspecified atom stereocenters. The molecule has 0 spiro atoms. The van der Waals surface area contributed by atoms with Crippen LogP contribution in [-0.2, 0) is 4.79 Å². The number of hydrogen-bond donors (Lipinski definition) is 0. The Kier molecular flexibility index (Phi) is 7.10. The van der Waals surface area contributed by atoms with Gasteiger partial charge in [-0.25, -0.2) is 0 Å². The molecule has 20 heavy (non-hydrogen) atoms. The van der Waals surface area contributed by atoms with Crippen LogP contribution in [0.3, 0.4) is 0 Å². The first-order valence-electron chi connectivity index (χ1n) is 9.27. The van der Waals surface area contributed by atoms with Crippen LogP contribution in [0.25, 0.3) is 0 Å². The maximum atomic E-state index is 11.0. The van der Waals surface area contributed by atoms with Crippen molar-refractivity contribution < 1.29 is 4.79 Å². The molecular weight excluding hydrogens is 244 g/mol. The van der Waals surface area contributed by atoms with Crippen molar-refractivity contribution in [1.29, 1.82) is 0 Å². The van der Waals surface area contributed by atoms with E-state index in [1.165, 1.54) is 83.3 Å². The Morgan fingerprint density at radius 2 is 1.45 bits per heavy atom. The third-order valence-electron chi connectivity index (χ3n) is 5.86. The van der Waals surface area contributed by atoms with Crippen LogP contribution >= 0.6 is 0 Å². The summed E-state index contributed by atoms with van der Waals surface area (Å²) in [6.45, 7) is 2.31. The quantitative estimate of drug-likeness (QED) is 0.540. The number of carbonyl (C=O) groups excluding carboxylic acids is 1. The fourth-order valence-corrected chi connectivity index (χ4v) is 4.61. The van der Waals surface area contributed by atoms with Crippen LogP contribution in [0, 0.1) is 23.7 Å². The maximum Gasteiger partial charge on any atom is 0.123 e. The molecule has 2 fully saturated rings. The first-order valence-corrected chi connectivity index (χ1v) is 9.27. The van der Waals surface area contributed by atoms with E-state index in [9.17, 15) is 4.79 Å². The van der Waals surface area contributed by atoms with Crippen molar-refractivity contribution >= 4 is 6.29 Å². The van der Waals surface area contributed by atoms with Crippen molar-refractivity contribution in [2.75, 3.05) is 0 Å². The fraction of sp³-hybridized carbons (Fsp3) is 0.947. The van der Waals surface area contributed by atoms with Crippen molar-refractivity contribution in [3.63, 3.8) is 0 Å². The molecule has 0 aromatic carbocycles. The minimum absolute atomic E-state index is 0.386. The Hall–Kier alpha value is -0.330. The largest absolute Gasteiger partial charge is 0.303 e. The number of rotatable bonds is 7. The summed E-state index contributed by atoms with van der Waals surface area (Å²) in [4.78, 5) is 11.0. The van der Waals surface area contributed by atoms with Crippen molar-refractivity contribution in [2.24, 2.45) is 23.7 Å². The minimum Gasteiger partial charge on any atom is -0.303 e. The van der Waals surface area contributed by atoms with Gasteiger partial charge < -0.3 is 4.79 Å². The number of hydrogen-bond acceptors (Lipinski definition) is 1. The lowest BCUT2D eigenvalue weighted by Crippen LogP contribution is -2.20. The lowest BCUT2D eigenvalue weighted by molar-refractivity contribution is -0.112. The molecule has 2 aliphatic rings. The van der Waals surface area contributed by atoms with E-state index in [4.69, 9.17) is 0 Å². The van der Waals surface area contributed by atoms with Gasteiger partial charge in [-0.2, -0.15) is 0 Å². The average molecular weight is 278 g/mol. The number of aldehydes is 1. The highest BCUT2D eigenvalue weighted by atomic mass is 16.1. The number of unbranched alkanes of at least 4 members (excludes halogenated alkanes) is 1.